The zero-order valence-electron chi connectivity index (χ0n) is 38.5. The summed E-state index contributed by atoms with van der Waals surface area (Å²) in [4.78, 5) is 0. The van der Waals surface area contributed by atoms with E-state index < -0.39 is 16.6 Å². The molecule has 0 saturated carbocycles. The van der Waals surface area contributed by atoms with Crippen molar-refractivity contribution in [2.75, 3.05) is 31.8 Å². The molecule has 7 heteroatoms. The van der Waals surface area contributed by atoms with E-state index in [0.29, 0.717) is 19.6 Å². The Balaban J connectivity index is 0.000000261. The quantitative estimate of drug-likeness (QED) is 0.0431. The summed E-state index contributed by atoms with van der Waals surface area (Å²) in [6.45, 7) is 19.0. The molecule has 0 radical (unpaired) electrons. The van der Waals surface area contributed by atoms with Crippen LogP contribution in [0.15, 0.2) is 121 Å². The number of alkyl halides is 1. The standard InChI is InChI=1S/C25H34OSi.C20H24OSi.C9H17BrO2/c1-5-6-7-8-9-10-17-22-26-27(25(2,3)4,23-18-13-11-14-19-23)24-20-15-12-16-21-24;1-5-6-17-21-22(20(2,3)4,18-13-9-7-10-14-18)19-15-11-8-12-16-19;10-6-2-4-8-12-9-5-1-3-7-11-9/h11-16,18-21H,5-8,17,22H2,1-4H3;1,7-16H,6,17H2,2-4H3;9H,1-8H2. The van der Waals surface area contributed by atoms with Gasteiger partial charge in [-0.05, 0) is 69.3 Å². The smallest absolute Gasteiger partial charge is 0.261 e. The minimum atomic E-state index is -2.40. The first-order valence-electron chi connectivity index (χ1n) is 22.7. The Morgan fingerprint density at radius 3 is 1.41 bits per heavy atom. The maximum atomic E-state index is 6.83. The molecule has 1 unspecified atom stereocenters. The normalized spacial score (nSPS) is 14.2. The summed E-state index contributed by atoms with van der Waals surface area (Å²) >= 11 is 3.39. The lowest BCUT2D eigenvalue weighted by Gasteiger charge is -2.43. The molecule has 0 aliphatic carbocycles. The number of benzene rings is 4. The maximum absolute atomic E-state index is 6.83. The van der Waals surface area contributed by atoms with Crippen LogP contribution in [0.5, 0.6) is 0 Å². The number of hydrogen-bond acceptors (Lipinski definition) is 4. The molecule has 1 aliphatic rings. The predicted molar refractivity (Wildman–Crippen MR) is 270 cm³/mol. The van der Waals surface area contributed by atoms with Gasteiger partial charge in [0.2, 0.25) is 0 Å². The number of rotatable bonds is 18. The summed E-state index contributed by atoms with van der Waals surface area (Å²) in [5.74, 6) is 9.32. The molecule has 1 aliphatic heterocycles. The van der Waals surface area contributed by atoms with Gasteiger partial charge in [-0.3, -0.25) is 0 Å². The van der Waals surface area contributed by atoms with Gasteiger partial charge in [0.1, 0.15) is 0 Å². The lowest BCUT2D eigenvalue weighted by Crippen LogP contribution is -2.66. The third kappa shape index (κ3) is 16.4. The Labute approximate surface area is 382 Å². The zero-order chi connectivity index (χ0) is 44.3. The van der Waals surface area contributed by atoms with E-state index in [1.54, 1.807) is 0 Å². The van der Waals surface area contributed by atoms with E-state index in [0.717, 1.165) is 44.2 Å². The van der Waals surface area contributed by atoms with E-state index in [9.17, 15) is 0 Å². The first kappa shape index (κ1) is 52.1. The average molecular weight is 924 g/mol. The summed E-state index contributed by atoms with van der Waals surface area (Å²) in [6, 6.07) is 42.9. The number of halogens is 1. The minimum Gasteiger partial charge on any atom is -0.406 e. The highest BCUT2D eigenvalue weighted by Crippen LogP contribution is 2.38. The molecule has 0 amide bonds. The molecule has 4 nitrogen and oxygen atoms in total. The van der Waals surface area contributed by atoms with Gasteiger partial charge in [-0.25, -0.2) is 0 Å². The molecule has 1 atom stereocenters. The Kier molecular flexibility index (Phi) is 24.3. The average Bonchev–Trinajstić information content (AvgIpc) is 3.27. The van der Waals surface area contributed by atoms with E-state index in [1.807, 2.05) is 0 Å². The van der Waals surface area contributed by atoms with Crippen LogP contribution in [0.1, 0.15) is 119 Å². The predicted octanol–water partition coefficient (Wildman–Crippen LogP) is 11.8. The summed E-state index contributed by atoms with van der Waals surface area (Å²) in [5.41, 5.74) is 0. The van der Waals surface area contributed by atoms with Crippen LogP contribution in [0.3, 0.4) is 0 Å². The van der Waals surface area contributed by atoms with Gasteiger partial charge in [0.15, 0.2) is 6.29 Å². The van der Waals surface area contributed by atoms with Crippen molar-refractivity contribution in [2.24, 2.45) is 0 Å². The second-order valence-corrected chi connectivity index (χ2v) is 27.0. The summed E-state index contributed by atoms with van der Waals surface area (Å²) in [6.07, 6.45) is 17.5. The lowest BCUT2D eigenvalue weighted by molar-refractivity contribution is -0.162. The van der Waals surface area contributed by atoms with Gasteiger partial charge >= 0.3 is 0 Å². The van der Waals surface area contributed by atoms with Gasteiger partial charge in [0.25, 0.3) is 16.6 Å². The molecule has 1 fully saturated rings. The van der Waals surface area contributed by atoms with Crippen LogP contribution in [-0.4, -0.2) is 54.7 Å². The fraction of sp³-hybridized carbons (Fsp3) is 0.481. The molecule has 61 heavy (non-hydrogen) atoms. The van der Waals surface area contributed by atoms with Crippen molar-refractivity contribution in [3.63, 3.8) is 0 Å². The highest BCUT2D eigenvalue weighted by molar-refractivity contribution is 9.09. The molecule has 0 aromatic heterocycles. The van der Waals surface area contributed by atoms with Crippen LogP contribution in [0.2, 0.25) is 10.1 Å². The van der Waals surface area contributed by atoms with Crippen molar-refractivity contribution in [1.82, 2.24) is 0 Å². The van der Waals surface area contributed by atoms with Gasteiger partial charge in [-0.15, -0.1) is 24.2 Å². The van der Waals surface area contributed by atoms with Crippen LogP contribution < -0.4 is 20.7 Å². The van der Waals surface area contributed by atoms with Crippen LogP contribution >= 0.6 is 15.9 Å². The molecule has 0 spiro atoms. The molecular weight excluding hydrogens is 849 g/mol. The molecule has 5 rings (SSSR count). The first-order chi connectivity index (χ1) is 29.5. The Bertz CT molecular complexity index is 1740. The minimum absolute atomic E-state index is 0.0182. The topological polar surface area (TPSA) is 36.9 Å². The largest absolute Gasteiger partial charge is 0.406 e. The van der Waals surface area contributed by atoms with Crippen LogP contribution in [0.25, 0.3) is 0 Å². The number of unbranched alkanes of at least 4 members (excludes halogenated alkanes) is 4. The number of ether oxygens (including phenoxy) is 2. The molecular formula is C54H75BrO4Si2. The van der Waals surface area contributed by atoms with Gasteiger partial charge in [-0.2, -0.15) is 0 Å². The van der Waals surface area contributed by atoms with Crippen molar-refractivity contribution < 1.29 is 18.3 Å². The van der Waals surface area contributed by atoms with Crippen molar-refractivity contribution in [1.29, 1.82) is 0 Å². The summed E-state index contributed by atoms with van der Waals surface area (Å²) in [5, 5.41) is 6.38. The van der Waals surface area contributed by atoms with E-state index in [2.05, 4.69) is 203 Å². The Morgan fingerprint density at radius 2 is 1.03 bits per heavy atom. The SMILES string of the molecule is BrCCCCOC1CCCCO1.C#CCCO[Si](c1ccccc1)(c1ccccc1)C(C)(C)C.CCCCCC#CCCO[Si](c1ccccc1)(c1ccccc1)C(C)(C)C. The Morgan fingerprint density at radius 1 is 0.590 bits per heavy atom. The summed E-state index contributed by atoms with van der Waals surface area (Å²) < 4.78 is 24.4. The van der Waals surface area contributed by atoms with Crippen LogP contribution in [0, 0.1) is 24.2 Å². The highest BCUT2D eigenvalue weighted by atomic mass is 79.9. The lowest BCUT2D eigenvalue weighted by atomic mass is 10.2. The fourth-order valence-electron chi connectivity index (χ4n) is 7.94. The van der Waals surface area contributed by atoms with E-state index in [-0.39, 0.29) is 16.4 Å². The van der Waals surface area contributed by atoms with Gasteiger partial charge in [-0.1, -0.05) is 199 Å². The molecule has 0 N–H and O–H groups in total. The molecule has 330 valence electrons. The second-order valence-electron chi connectivity index (χ2n) is 17.6. The fourth-order valence-corrected chi connectivity index (χ4v) is 17.5. The molecule has 4 aromatic rings. The van der Waals surface area contributed by atoms with Crippen molar-refractivity contribution in [3.8, 4) is 24.2 Å². The third-order valence-electron chi connectivity index (χ3n) is 10.9. The van der Waals surface area contributed by atoms with Gasteiger partial charge in [0, 0.05) is 51.0 Å². The monoisotopic (exact) mass is 922 g/mol. The summed E-state index contributed by atoms with van der Waals surface area (Å²) in [7, 11) is -4.78. The third-order valence-corrected chi connectivity index (χ3v) is 21.6. The van der Waals surface area contributed by atoms with Gasteiger partial charge in [0.05, 0.1) is 0 Å². The molecule has 4 aromatic carbocycles. The van der Waals surface area contributed by atoms with Gasteiger partial charge < -0.3 is 18.3 Å². The van der Waals surface area contributed by atoms with E-state index >= 15 is 0 Å². The second kappa shape index (κ2) is 28.4. The van der Waals surface area contributed by atoms with Crippen molar-refractivity contribution in [2.45, 2.75) is 135 Å². The molecule has 1 heterocycles. The van der Waals surface area contributed by atoms with Crippen LogP contribution in [-0.2, 0) is 18.3 Å². The van der Waals surface area contributed by atoms with E-state index in [1.165, 1.54) is 59.3 Å². The van der Waals surface area contributed by atoms with E-state index in [4.69, 9.17) is 24.7 Å². The van der Waals surface area contributed by atoms with Crippen molar-refractivity contribution >= 4 is 53.3 Å². The molecule has 1 saturated heterocycles. The zero-order valence-corrected chi connectivity index (χ0v) is 42.1. The highest BCUT2D eigenvalue weighted by Gasteiger charge is 2.51. The number of hydrogen-bond donors (Lipinski definition) is 0. The number of terminal acetylenes is 1. The molecule has 0 bridgehead atoms. The first-order valence-corrected chi connectivity index (χ1v) is 27.6. The maximum Gasteiger partial charge on any atom is 0.261 e. The van der Waals surface area contributed by atoms with Crippen LogP contribution in [0.4, 0.5) is 0 Å². The Hall–Kier alpha value is -3.25. The van der Waals surface area contributed by atoms with Crippen molar-refractivity contribution in [3.05, 3.63) is 121 Å².